The maximum atomic E-state index is 13.0. The highest BCUT2D eigenvalue weighted by Crippen LogP contribution is 2.23. The van der Waals surface area contributed by atoms with E-state index in [2.05, 4.69) is 4.72 Å². The minimum atomic E-state index is -3.94. The topological polar surface area (TPSA) is 63.2 Å². The summed E-state index contributed by atoms with van der Waals surface area (Å²) in [6.07, 6.45) is 0. The van der Waals surface area contributed by atoms with Crippen LogP contribution in [0.4, 0.5) is 10.1 Å². The van der Waals surface area contributed by atoms with Gasteiger partial charge in [0.15, 0.2) is 5.78 Å². The van der Waals surface area contributed by atoms with E-state index in [1.54, 1.807) is 48.5 Å². The van der Waals surface area contributed by atoms with E-state index in [-0.39, 0.29) is 21.9 Å². The van der Waals surface area contributed by atoms with Gasteiger partial charge in [0, 0.05) is 11.1 Å². The van der Waals surface area contributed by atoms with Gasteiger partial charge >= 0.3 is 0 Å². The van der Waals surface area contributed by atoms with Gasteiger partial charge in [-0.15, -0.1) is 0 Å². The Balaban J connectivity index is 1.96. The highest BCUT2D eigenvalue weighted by Gasteiger charge is 2.19. The van der Waals surface area contributed by atoms with Crippen molar-refractivity contribution in [3.8, 4) is 0 Å². The summed E-state index contributed by atoms with van der Waals surface area (Å²) < 4.78 is 40.4. The van der Waals surface area contributed by atoms with Gasteiger partial charge in [0.25, 0.3) is 10.0 Å². The summed E-state index contributed by atoms with van der Waals surface area (Å²) in [4.78, 5) is 12.6. The van der Waals surface area contributed by atoms with Crippen LogP contribution in [0, 0.1) is 5.82 Å². The van der Waals surface area contributed by atoms with Gasteiger partial charge in [-0.3, -0.25) is 9.52 Å². The molecule has 0 heterocycles. The van der Waals surface area contributed by atoms with Gasteiger partial charge in [-0.2, -0.15) is 0 Å². The lowest BCUT2D eigenvalue weighted by molar-refractivity contribution is 0.103. The van der Waals surface area contributed by atoms with E-state index in [1.165, 1.54) is 18.2 Å². The second-order valence-corrected chi connectivity index (χ2v) is 6.98. The van der Waals surface area contributed by atoms with Crippen molar-refractivity contribution in [2.24, 2.45) is 0 Å². The van der Waals surface area contributed by atoms with Crippen LogP contribution in [-0.4, -0.2) is 14.2 Å². The SMILES string of the molecule is O=C(c1ccccc1)c1ccccc1NS(=O)(=O)c1ccc(F)cc1. The van der Waals surface area contributed by atoms with Crippen LogP contribution in [-0.2, 0) is 10.0 Å². The smallest absolute Gasteiger partial charge is 0.261 e. The molecular weight excluding hydrogens is 341 g/mol. The molecule has 0 bridgehead atoms. The molecule has 126 valence electrons. The third-order valence-electron chi connectivity index (χ3n) is 3.58. The lowest BCUT2D eigenvalue weighted by Crippen LogP contribution is -2.16. The van der Waals surface area contributed by atoms with Crippen molar-refractivity contribution >= 4 is 21.5 Å². The predicted molar refractivity (Wildman–Crippen MR) is 93.5 cm³/mol. The number of halogens is 1. The van der Waals surface area contributed by atoms with E-state index < -0.39 is 15.8 Å². The van der Waals surface area contributed by atoms with Crippen LogP contribution < -0.4 is 4.72 Å². The molecule has 4 nitrogen and oxygen atoms in total. The highest BCUT2D eigenvalue weighted by molar-refractivity contribution is 7.92. The summed E-state index contributed by atoms with van der Waals surface area (Å²) in [6, 6.07) is 19.4. The maximum Gasteiger partial charge on any atom is 0.261 e. The molecule has 3 rings (SSSR count). The number of sulfonamides is 1. The van der Waals surface area contributed by atoms with Gasteiger partial charge in [-0.1, -0.05) is 42.5 Å². The van der Waals surface area contributed by atoms with Crippen molar-refractivity contribution in [3.05, 3.63) is 95.8 Å². The third-order valence-corrected chi connectivity index (χ3v) is 4.96. The van der Waals surface area contributed by atoms with E-state index in [1.807, 2.05) is 0 Å². The molecule has 0 aliphatic carbocycles. The molecule has 6 heteroatoms. The number of carbonyl (C=O) groups is 1. The van der Waals surface area contributed by atoms with Gasteiger partial charge in [0.05, 0.1) is 10.6 Å². The van der Waals surface area contributed by atoms with E-state index >= 15 is 0 Å². The number of hydrogen-bond donors (Lipinski definition) is 1. The van der Waals surface area contributed by atoms with Crippen molar-refractivity contribution < 1.29 is 17.6 Å². The van der Waals surface area contributed by atoms with Crippen molar-refractivity contribution in [3.63, 3.8) is 0 Å². The Labute approximate surface area is 145 Å². The molecule has 0 aromatic heterocycles. The quantitative estimate of drug-likeness (QED) is 0.707. The Hall–Kier alpha value is -2.99. The number of carbonyl (C=O) groups excluding carboxylic acids is 1. The molecule has 0 aliphatic rings. The maximum absolute atomic E-state index is 13.0. The molecule has 0 unspecified atom stereocenters. The molecule has 0 amide bonds. The Morgan fingerprint density at radius 2 is 1.40 bits per heavy atom. The number of para-hydroxylation sites is 1. The first-order valence-electron chi connectivity index (χ1n) is 7.44. The number of ketones is 1. The van der Waals surface area contributed by atoms with Crippen LogP contribution in [0.2, 0.25) is 0 Å². The average Bonchev–Trinajstić information content (AvgIpc) is 2.62. The fourth-order valence-electron chi connectivity index (χ4n) is 2.33. The molecule has 3 aromatic carbocycles. The second-order valence-electron chi connectivity index (χ2n) is 5.30. The Morgan fingerprint density at radius 1 is 0.800 bits per heavy atom. The van der Waals surface area contributed by atoms with Crippen LogP contribution in [0.3, 0.4) is 0 Å². The fraction of sp³-hybridized carbons (Fsp3) is 0. The van der Waals surface area contributed by atoms with Crippen molar-refractivity contribution in [1.29, 1.82) is 0 Å². The summed E-state index contributed by atoms with van der Waals surface area (Å²) in [5.41, 5.74) is 0.857. The number of benzene rings is 3. The van der Waals surface area contributed by atoms with Gasteiger partial charge in [0.1, 0.15) is 5.82 Å². The van der Waals surface area contributed by atoms with Gasteiger partial charge < -0.3 is 0 Å². The van der Waals surface area contributed by atoms with Gasteiger partial charge in [0.2, 0.25) is 0 Å². The standard InChI is InChI=1S/C19H14FNO3S/c20-15-10-12-16(13-11-15)25(23,24)21-18-9-5-4-8-17(18)19(22)14-6-2-1-3-7-14/h1-13,21H. The Morgan fingerprint density at radius 3 is 2.08 bits per heavy atom. The number of anilines is 1. The first-order chi connectivity index (χ1) is 12.0. The lowest BCUT2D eigenvalue weighted by Gasteiger charge is -2.12. The van der Waals surface area contributed by atoms with Crippen molar-refractivity contribution in [1.82, 2.24) is 0 Å². The number of nitrogens with one attached hydrogen (secondary N) is 1. The van der Waals surface area contributed by atoms with Gasteiger partial charge in [-0.05, 0) is 36.4 Å². The molecule has 0 radical (unpaired) electrons. The van der Waals surface area contributed by atoms with E-state index in [0.717, 1.165) is 12.1 Å². The second kappa shape index (κ2) is 6.86. The Kier molecular flexibility index (Phi) is 4.63. The molecular formula is C19H14FNO3S. The first-order valence-corrected chi connectivity index (χ1v) is 8.93. The summed E-state index contributed by atoms with van der Waals surface area (Å²) in [5.74, 6) is -0.823. The zero-order chi connectivity index (χ0) is 17.9. The third kappa shape index (κ3) is 3.75. The van der Waals surface area contributed by atoms with Crippen LogP contribution in [0.15, 0.2) is 83.8 Å². The molecule has 0 aliphatic heterocycles. The number of rotatable bonds is 5. The lowest BCUT2D eigenvalue weighted by atomic mass is 10.0. The fourth-order valence-corrected chi connectivity index (χ4v) is 3.41. The van der Waals surface area contributed by atoms with E-state index in [0.29, 0.717) is 5.56 Å². The molecule has 0 saturated carbocycles. The molecule has 25 heavy (non-hydrogen) atoms. The minimum Gasteiger partial charge on any atom is -0.289 e. The van der Waals surface area contributed by atoms with E-state index in [4.69, 9.17) is 0 Å². The summed E-state index contributed by atoms with van der Waals surface area (Å²) in [6.45, 7) is 0. The minimum absolute atomic E-state index is 0.0872. The van der Waals surface area contributed by atoms with Crippen LogP contribution in [0.25, 0.3) is 0 Å². The molecule has 0 fully saturated rings. The van der Waals surface area contributed by atoms with Gasteiger partial charge in [-0.25, -0.2) is 12.8 Å². The zero-order valence-corrected chi connectivity index (χ0v) is 13.8. The molecule has 0 atom stereocenters. The van der Waals surface area contributed by atoms with Crippen LogP contribution >= 0.6 is 0 Å². The normalized spacial score (nSPS) is 11.1. The van der Waals surface area contributed by atoms with Crippen LogP contribution in [0.1, 0.15) is 15.9 Å². The molecule has 3 aromatic rings. The first kappa shape index (κ1) is 16.9. The van der Waals surface area contributed by atoms with E-state index in [9.17, 15) is 17.6 Å². The number of hydrogen-bond acceptors (Lipinski definition) is 3. The van der Waals surface area contributed by atoms with Crippen molar-refractivity contribution in [2.45, 2.75) is 4.90 Å². The molecule has 1 N–H and O–H groups in total. The van der Waals surface area contributed by atoms with Crippen LogP contribution in [0.5, 0.6) is 0 Å². The largest absolute Gasteiger partial charge is 0.289 e. The Bertz CT molecular complexity index is 1000. The summed E-state index contributed by atoms with van der Waals surface area (Å²) in [5, 5.41) is 0. The average molecular weight is 355 g/mol. The predicted octanol–water partition coefficient (Wildman–Crippen LogP) is 3.86. The van der Waals surface area contributed by atoms with Crippen molar-refractivity contribution in [2.75, 3.05) is 4.72 Å². The summed E-state index contributed by atoms with van der Waals surface area (Å²) >= 11 is 0. The molecule has 0 saturated heterocycles. The monoisotopic (exact) mass is 355 g/mol. The highest BCUT2D eigenvalue weighted by atomic mass is 32.2. The summed E-state index contributed by atoms with van der Waals surface area (Å²) in [7, 11) is -3.94. The zero-order valence-electron chi connectivity index (χ0n) is 13.0. The molecule has 0 spiro atoms.